The van der Waals surface area contributed by atoms with Crippen molar-refractivity contribution in [1.82, 2.24) is 14.8 Å². The summed E-state index contributed by atoms with van der Waals surface area (Å²) < 4.78 is 1.86. The molecule has 2 rings (SSSR count). The number of aromatic nitrogens is 3. The van der Waals surface area contributed by atoms with Crippen LogP contribution >= 0.6 is 23.5 Å². The zero-order chi connectivity index (χ0) is 13.7. The van der Waals surface area contributed by atoms with Crippen LogP contribution in [0, 0.1) is 0 Å². The van der Waals surface area contributed by atoms with Crippen LogP contribution in [0.25, 0.3) is 0 Å². The standard InChI is InChI=1S/C13H21N3OS2/c1-3-5-16-12(14-9-15-16)8-10(17)13-11(4-2)18-6-7-19-13/h9,11,13H,3-8H2,1-2H3. The molecule has 0 amide bonds. The fourth-order valence-electron chi connectivity index (χ4n) is 2.28. The van der Waals surface area contributed by atoms with Crippen LogP contribution < -0.4 is 0 Å². The minimum absolute atomic E-state index is 0.135. The van der Waals surface area contributed by atoms with Crippen LogP contribution in [-0.4, -0.2) is 42.6 Å². The van der Waals surface area contributed by atoms with Crippen LogP contribution in [0.5, 0.6) is 0 Å². The van der Waals surface area contributed by atoms with Gasteiger partial charge >= 0.3 is 0 Å². The van der Waals surface area contributed by atoms with Gasteiger partial charge in [0.15, 0.2) is 5.78 Å². The van der Waals surface area contributed by atoms with Crippen molar-refractivity contribution >= 4 is 29.3 Å². The summed E-state index contributed by atoms with van der Waals surface area (Å²) in [6.07, 6.45) is 4.05. The second-order valence-electron chi connectivity index (χ2n) is 4.65. The van der Waals surface area contributed by atoms with E-state index in [-0.39, 0.29) is 5.25 Å². The Morgan fingerprint density at radius 2 is 2.21 bits per heavy atom. The maximum absolute atomic E-state index is 12.5. The summed E-state index contributed by atoms with van der Waals surface area (Å²) in [5.74, 6) is 3.38. The lowest BCUT2D eigenvalue weighted by molar-refractivity contribution is -0.118. The lowest BCUT2D eigenvalue weighted by Gasteiger charge is -2.28. The first-order valence-electron chi connectivity index (χ1n) is 6.88. The third-order valence-corrected chi connectivity index (χ3v) is 6.53. The monoisotopic (exact) mass is 299 g/mol. The Balaban J connectivity index is 2.01. The highest BCUT2D eigenvalue weighted by molar-refractivity contribution is 8.07. The minimum atomic E-state index is 0.135. The Hall–Kier alpha value is -0.490. The van der Waals surface area contributed by atoms with Crippen molar-refractivity contribution in [3.63, 3.8) is 0 Å². The van der Waals surface area contributed by atoms with Crippen LogP contribution in [0.15, 0.2) is 6.33 Å². The average molecular weight is 299 g/mol. The summed E-state index contributed by atoms with van der Waals surface area (Å²) in [7, 11) is 0. The highest BCUT2D eigenvalue weighted by atomic mass is 32.2. The predicted molar refractivity (Wildman–Crippen MR) is 81.8 cm³/mol. The molecule has 0 bridgehead atoms. The Bertz CT molecular complexity index is 422. The molecule has 1 fully saturated rings. The average Bonchev–Trinajstić information content (AvgIpc) is 2.86. The number of nitrogens with zero attached hydrogens (tertiary/aromatic N) is 3. The van der Waals surface area contributed by atoms with Gasteiger partial charge in [-0.1, -0.05) is 13.8 Å². The van der Waals surface area contributed by atoms with Crippen molar-refractivity contribution in [1.29, 1.82) is 0 Å². The highest BCUT2D eigenvalue weighted by Gasteiger charge is 2.31. The maximum atomic E-state index is 12.5. The van der Waals surface area contributed by atoms with E-state index in [2.05, 4.69) is 23.9 Å². The molecule has 0 aromatic carbocycles. The molecule has 1 aromatic heterocycles. The summed E-state index contributed by atoms with van der Waals surface area (Å²) in [5, 5.41) is 4.79. The molecule has 4 nitrogen and oxygen atoms in total. The first-order valence-corrected chi connectivity index (χ1v) is 8.98. The van der Waals surface area contributed by atoms with Crippen molar-refractivity contribution in [2.75, 3.05) is 11.5 Å². The Morgan fingerprint density at radius 1 is 1.42 bits per heavy atom. The van der Waals surface area contributed by atoms with Gasteiger partial charge in [-0.3, -0.25) is 4.79 Å². The topological polar surface area (TPSA) is 47.8 Å². The van der Waals surface area contributed by atoms with Gasteiger partial charge in [-0.05, 0) is 12.8 Å². The number of thioether (sulfide) groups is 2. The molecule has 1 aromatic rings. The lowest BCUT2D eigenvalue weighted by atomic mass is 10.1. The van der Waals surface area contributed by atoms with Crippen LogP contribution in [0.1, 0.15) is 32.5 Å². The van der Waals surface area contributed by atoms with Crippen molar-refractivity contribution in [2.45, 2.75) is 50.2 Å². The van der Waals surface area contributed by atoms with Crippen LogP contribution in [0.2, 0.25) is 0 Å². The van der Waals surface area contributed by atoms with Gasteiger partial charge in [-0.15, -0.1) is 11.8 Å². The third kappa shape index (κ3) is 3.75. The van der Waals surface area contributed by atoms with Crippen molar-refractivity contribution in [3.05, 3.63) is 12.2 Å². The number of hydrogen-bond acceptors (Lipinski definition) is 5. The fourth-order valence-corrected chi connectivity index (χ4v) is 5.32. The van der Waals surface area contributed by atoms with E-state index in [1.165, 1.54) is 5.75 Å². The van der Waals surface area contributed by atoms with Crippen LogP contribution in [-0.2, 0) is 17.8 Å². The highest BCUT2D eigenvalue weighted by Crippen LogP contribution is 2.34. The van der Waals surface area contributed by atoms with E-state index >= 15 is 0 Å². The molecule has 0 spiro atoms. The first kappa shape index (κ1) is 14.9. The van der Waals surface area contributed by atoms with Crippen molar-refractivity contribution in [2.24, 2.45) is 0 Å². The SMILES string of the molecule is CCCn1ncnc1CC(=O)C1SCCSC1CC. The zero-order valence-electron chi connectivity index (χ0n) is 11.5. The zero-order valence-corrected chi connectivity index (χ0v) is 13.2. The normalized spacial score (nSPS) is 23.5. The number of aryl methyl sites for hydroxylation is 1. The molecule has 0 N–H and O–H groups in total. The van der Waals surface area contributed by atoms with E-state index in [0.717, 1.165) is 31.0 Å². The molecule has 2 unspecified atom stereocenters. The Morgan fingerprint density at radius 3 is 2.95 bits per heavy atom. The smallest absolute Gasteiger partial charge is 0.154 e. The predicted octanol–water partition coefficient (Wildman–Crippen LogP) is 2.43. The van der Waals surface area contributed by atoms with E-state index in [0.29, 0.717) is 17.5 Å². The number of carbonyl (C=O) groups excluding carboxylic acids is 1. The van der Waals surface area contributed by atoms with Gasteiger partial charge in [-0.2, -0.15) is 16.9 Å². The summed E-state index contributed by atoms with van der Waals surface area (Å²) in [4.78, 5) is 16.7. The summed E-state index contributed by atoms with van der Waals surface area (Å²) in [6, 6.07) is 0. The fraction of sp³-hybridized carbons (Fsp3) is 0.769. The second-order valence-corrected chi connectivity index (χ2v) is 7.25. The summed E-state index contributed by atoms with van der Waals surface area (Å²) >= 11 is 3.76. The van der Waals surface area contributed by atoms with Gasteiger partial charge < -0.3 is 0 Å². The molecule has 6 heteroatoms. The van der Waals surface area contributed by atoms with Crippen molar-refractivity contribution in [3.8, 4) is 0 Å². The maximum Gasteiger partial charge on any atom is 0.154 e. The molecule has 2 atom stereocenters. The third-order valence-electron chi connectivity index (χ3n) is 3.23. The number of carbonyl (C=O) groups is 1. The molecule has 106 valence electrons. The van der Waals surface area contributed by atoms with Gasteiger partial charge in [0.1, 0.15) is 12.2 Å². The number of ketones is 1. The molecule has 1 aliphatic heterocycles. The van der Waals surface area contributed by atoms with Gasteiger partial charge in [0.05, 0.1) is 11.7 Å². The molecule has 1 aliphatic rings. The van der Waals surface area contributed by atoms with E-state index in [1.54, 1.807) is 6.33 Å². The molecular formula is C13H21N3OS2. The van der Waals surface area contributed by atoms with Crippen molar-refractivity contribution < 1.29 is 4.79 Å². The van der Waals surface area contributed by atoms with Crippen LogP contribution in [0.4, 0.5) is 0 Å². The second kappa shape index (κ2) is 7.33. The molecule has 2 heterocycles. The molecule has 0 aliphatic carbocycles. The van der Waals surface area contributed by atoms with Crippen LogP contribution in [0.3, 0.4) is 0 Å². The minimum Gasteiger partial charge on any atom is -0.298 e. The molecule has 19 heavy (non-hydrogen) atoms. The molecule has 0 radical (unpaired) electrons. The number of hydrogen-bond donors (Lipinski definition) is 0. The van der Waals surface area contributed by atoms with E-state index < -0.39 is 0 Å². The number of Topliss-reactive ketones (excluding diaryl/α,β-unsaturated/α-hetero) is 1. The van der Waals surface area contributed by atoms with E-state index in [1.807, 2.05) is 28.2 Å². The largest absolute Gasteiger partial charge is 0.298 e. The molecule has 1 saturated heterocycles. The van der Waals surface area contributed by atoms with E-state index in [9.17, 15) is 4.79 Å². The van der Waals surface area contributed by atoms with Gasteiger partial charge in [-0.25, -0.2) is 9.67 Å². The summed E-state index contributed by atoms with van der Waals surface area (Å²) in [6.45, 7) is 5.11. The number of rotatable bonds is 6. The quantitative estimate of drug-likeness (QED) is 0.807. The van der Waals surface area contributed by atoms with Gasteiger partial charge in [0.2, 0.25) is 0 Å². The van der Waals surface area contributed by atoms with E-state index in [4.69, 9.17) is 0 Å². The summed E-state index contributed by atoms with van der Waals surface area (Å²) in [5.41, 5.74) is 0. The van der Waals surface area contributed by atoms with Gasteiger partial charge in [0, 0.05) is 23.3 Å². The Labute approximate surface area is 123 Å². The lowest BCUT2D eigenvalue weighted by Crippen LogP contribution is -2.34. The Kier molecular flexibility index (Phi) is 5.76. The molecular weight excluding hydrogens is 278 g/mol. The van der Waals surface area contributed by atoms with Gasteiger partial charge in [0.25, 0.3) is 0 Å². The first-order chi connectivity index (χ1) is 9.26. The molecule has 0 saturated carbocycles.